The minimum absolute atomic E-state index is 0.616. The first-order valence-corrected chi connectivity index (χ1v) is 12.6. The maximum atomic E-state index is 4.74. The summed E-state index contributed by atoms with van der Waals surface area (Å²) in [5.41, 5.74) is 1.32. The molecule has 2 aliphatic rings. The van der Waals surface area contributed by atoms with E-state index in [1.165, 1.54) is 102 Å². The van der Waals surface area contributed by atoms with Gasteiger partial charge in [-0.1, -0.05) is 78.1 Å². The van der Waals surface area contributed by atoms with Crippen LogP contribution in [0.15, 0.2) is 12.4 Å². The van der Waals surface area contributed by atoms with Gasteiger partial charge in [0.05, 0.1) is 0 Å². The second-order valence-electron chi connectivity index (χ2n) is 9.88. The van der Waals surface area contributed by atoms with Gasteiger partial charge in [-0.3, -0.25) is 0 Å². The van der Waals surface area contributed by atoms with Crippen LogP contribution in [0.3, 0.4) is 0 Å². The first-order chi connectivity index (χ1) is 13.8. The Hall–Kier alpha value is -0.920. The van der Waals surface area contributed by atoms with Crippen LogP contribution in [0.1, 0.15) is 127 Å². The summed E-state index contributed by atoms with van der Waals surface area (Å²) in [5.74, 6) is 4.79. The van der Waals surface area contributed by atoms with E-state index in [1.807, 2.05) is 0 Å². The molecule has 0 bridgehead atoms. The standard InChI is InChI=1S/C26H44N2/c1-3-5-6-8-24-19-27-26(28-20-24)25-17-15-23(16-18-25)14-13-22-11-9-21(7-4-2)10-12-22/h19-23,25H,3-18H2,1-2H3. The van der Waals surface area contributed by atoms with Crippen molar-refractivity contribution in [1.29, 1.82) is 0 Å². The highest BCUT2D eigenvalue weighted by atomic mass is 14.9. The first kappa shape index (κ1) is 21.8. The van der Waals surface area contributed by atoms with Gasteiger partial charge in [0.2, 0.25) is 0 Å². The van der Waals surface area contributed by atoms with Crippen molar-refractivity contribution in [1.82, 2.24) is 9.97 Å². The molecule has 0 N–H and O–H groups in total. The van der Waals surface area contributed by atoms with Gasteiger partial charge in [-0.15, -0.1) is 0 Å². The topological polar surface area (TPSA) is 25.8 Å². The van der Waals surface area contributed by atoms with E-state index < -0.39 is 0 Å². The summed E-state index contributed by atoms with van der Waals surface area (Å²) in [6.45, 7) is 4.60. The van der Waals surface area contributed by atoms with Crippen molar-refractivity contribution < 1.29 is 0 Å². The number of nitrogens with zero attached hydrogens (tertiary/aromatic N) is 2. The van der Waals surface area contributed by atoms with E-state index in [0.29, 0.717) is 5.92 Å². The third-order valence-electron chi connectivity index (χ3n) is 7.65. The van der Waals surface area contributed by atoms with Gasteiger partial charge in [0.1, 0.15) is 5.82 Å². The molecule has 3 rings (SSSR count). The minimum Gasteiger partial charge on any atom is -0.241 e. The van der Waals surface area contributed by atoms with Crippen molar-refractivity contribution in [2.75, 3.05) is 0 Å². The molecule has 0 aliphatic heterocycles. The minimum atomic E-state index is 0.616. The molecule has 2 heteroatoms. The number of hydrogen-bond acceptors (Lipinski definition) is 2. The van der Waals surface area contributed by atoms with Gasteiger partial charge in [0, 0.05) is 18.3 Å². The molecular weight excluding hydrogens is 340 g/mol. The van der Waals surface area contributed by atoms with E-state index in [4.69, 9.17) is 9.97 Å². The van der Waals surface area contributed by atoms with E-state index in [2.05, 4.69) is 26.2 Å². The second kappa shape index (κ2) is 11.9. The van der Waals surface area contributed by atoms with Gasteiger partial charge in [-0.05, 0) is 61.8 Å². The van der Waals surface area contributed by atoms with Crippen molar-refractivity contribution in [2.24, 2.45) is 17.8 Å². The van der Waals surface area contributed by atoms with Crippen molar-refractivity contribution in [3.63, 3.8) is 0 Å². The Balaban J connectivity index is 1.33. The van der Waals surface area contributed by atoms with Gasteiger partial charge >= 0.3 is 0 Å². The lowest BCUT2D eigenvalue weighted by Gasteiger charge is -2.31. The van der Waals surface area contributed by atoms with Crippen LogP contribution in [0.5, 0.6) is 0 Å². The van der Waals surface area contributed by atoms with Gasteiger partial charge in [-0.2, -0.15) is 0 Å². The van der Waals surface area contributed by atoms with Crippen molar-refractivity contribution in [3.8, 4) is 0 Å². The molecule has 1 heterocycles. The smallest absolute Gasteiger partial charge is 0.131 e. The predicted octanol–water partition coefficient (Wildman–Crippen LogP) is 7.87. The molecule has 28 heavy (non-hydrogen) atoms. The zero-order valence-electron chi connectivity index (χ0n) is 18.7. The largest absolute Gasteiger partial charge is 0.241 e. The first-order valence-electron chi connectivity index (χ1n) is 12.6. The summed E-state index contributed by atoms with van der Waals surface area (Å²) in [6.07, 6.45) is 26.5. The van der Waals surface area contributed by atoms with Crippen molar-refractivity contribution in [2.45, 2.75) is 122 Å². The quantitative estimate of drug-likeness (QED) is 0.383. The van der Waals surface area contributed by atoms with Crippen LogP contribution in [0.4, 0.5) is 0 Å². The average molecular weight is 385 g/mol. The Morgan fingerprint density at radius 1 is 0.679 bits per heavy atom. The lowest BCUT2D eigenvalue weighted by molar-refractivity contribution is 0.223. The van der Waals surface area contributed by atoms with E-state index in [1.54, 1.807) is 0 Å². The molecule has 1 aromatic rings. The third kappa shape index (κ3) is 6.85. The summed E-state index contributed by atoms with van der Waals surface area (Å²) in [5, 5.41) is 0. The Morgan fingerprint density at radius 3 is 1.75 bits per heavy atom. The molecule has 2 saturated carbocycles. The zero-order chi connectivity index (χ0) is 19.6. The fourth-order valence-electron chi connectivity index (χ4n) is 5.68. The molecule has 0 amide bonds. The van der Waals surface area contributed by atoms with Gasteiger partial charge < -0.3 is 0 Å². The lowest BCUT2D eigenvalue weighted by atomic mass is 9.75. The maximum absolute atomic E-state index is 4.74. The molecule has 158 valence electrons. The number of hydrogen-bond donors (Lipinski definition) is 0. The Morgan fingerprint density at radius 2 is 1.21 bits per heavy atom. The molecule has 2 fully saturated rings. The zero-order valence-corrected chi connectivity index (χ0v) is 18.7. The van der Waals surface area contributed by atoms with Crippen molar-refractivity contribution in [3.05, 3.63) is 23.8 Å². The number of aryl methyl sites for hydroxylation is 1. The number of rotatable bonds is 10. The maximum Gasteiger partial charge on any atom is 0.131 e. The molecule has 0 atom stereocenters. The van der Waals surface area contributed by atoms with Crippen LogP contribution in [0.25, 0.3) is 0 Å². The van der Waals surface area contributed by atoms with Crippen LogP contribution in [0, 0.1) is 17.8 Å². The van der Waals surface area contributed by atoms with Crippen molar-refractivity contribution >= 4 is 0 Å². The fraction of sp³-hybridized carbons (Fsp3) is 0.846. The lowest BCUT2D eigenvalue weighted by Crippen LogP contribution is -2.18. The Kier molecular flexibility index (Phi) is 9.28. The fourth-order valence-corrected chi connectivity index (χ4v) is 5.68. The average Bonchev–Trinajstić information content (AvgIpc) is 2.75. The summed E-state index contributed by atoms with van der Waals surface area (Å²) >= 11 is 0. The second-order valence-corrected chi connectivity index (χ2v) is 9.88. The Labute approximate surface area is 174 Å². The SMILES string of the molecule is CCCCCc1cnc(C2CCC(CCC3CCC(CCC)CC3)CC2)nc1. The van der Waals surface area contributed by atoms with Crippen LogP contribution < -0.4 is 0 Å². The number of aromatic nitrogens is 2. The highest BCUT2D eigenvalue weighted by molar-refractivity contribution is 5.08. The molecule has 0 spiro atoms. The van der Waals surface area contributed by atoms with Gasteiger partial charge in [0.25, 0.3) is 0 Å². The molecule has 0 unspecified atom stereocenters. The van der Waals surface area contributed by atoms with Crippen LogP contribution in [0.2, 0.25) is 0 Å². The highest BCUT2D eigenvalue weighted by Gasteiger charge is 2.26. The summed E-state index contributed by atoms with van der Waals surface area (Å²) in [6, 6.07) is 0. The van der Waals surface area contributed by atoms with Crippen LogP contribution in [-0.4, -0.2) is 9.97 Å². The highest BCUT2D eigenvalue weighted by Crippen LogP contribution is 2.39. The van der Waals surface area contributed by atoms with Gasteiger partial charge in [0.15, 0.2) is 0 Å². The number of unbranched alkanes of at least 4 members (excludes halogenated alkanes) is 2. The summed E-state index contributed by atoms with van der Waals surface area (Å²) < 4.78 is 0. The summed E-state index contributed by atoms with van der Waals surface area (Å²) in [7, 11) is 0. The third-order valence-corrected chi connectivity index (χ3v) is 7.65. The van der Waals surface area contributed by atoms with Crippen LogP contribution >= 0.6 is 0 Å². The molecule has 0 radical (unpaired) electrons. The molecular formula is C26H44N2. The predicted molar refractivity (Wildman–Crippen MR) is 120 cm³/mol. The van der Waals surface area contributed by atoms with Crippen LogP contribution in [-0.2, 0) is 6.42 Å². The molecule has 0 aromatic carbocycles. The molecule has 0 saturated heterocycles. The van der Waals surface area contributed by atoms with E-state index >= 15 is 0 Å². The van der Waals surface area contributed by atoms with E-state index in [9.17, 15) is 0 Å². The normalized spacial score (nSPS) is 28.4. The van der Waals surface area contributed by atoms with Gasteiger partial charge in [-0.25, -0.2) is 9.97 Å². The molecule has 2 aliphatic carbocycles. The monoisotopic (exact) mass is 384 g/mol. The van der Waals surface area contributed by atoms with E-state index in [0.717, 1.165) is 30.0 Å². The summed E-state index contributed by atoms with van der Waals surface area (Å²) in [4.78, 5) is 9.47. The Bertz CT molecular complexity index is 522. The van der Waals surface area contributed by atoms with E-state index in [-0.39, 0.29) is 0 Å². The molecule has 2 nitrogen and oxygen atoms in total. The molecule has 1 aromatic heterocycles.